The zero-order valence-electron chi connectivity index (χ0n) is 10.5. The average Bonchev–Trinajstić information content (AvgIpc) is 2.85. The number of benzene rings is 1. The summed E-state index contributed by atoms with van der Waals surface area (Å²) in [7, 11) is 0. The van der Waals surface area contributed by atoms with E-state index in [1.807, 2.05) is 0 Å². The fourth-order valence-electron chi connectivity index (χ4n) is 1.63. The number of hydrogen-bond acceptors (Lipinski definition) is 5. The molecule has 2 rings (SSSR count). The molecule has 1 aromatic carbocycles. The minimum Gasteiger partial charge on any atom is -0.477 e. The van der Waals surface area contributed by atoms with Crippen molar-refractivity contribution in [2.24, 2.45) is 0 Å². The van der Waals surface area contributed by atoms with Crippen LogP contribution in [0.15, 0.2) is 29.6 Å². The third-order valence-corrected chi connectivity index (χ3v) is 3.40. The lowest BCUT2D eigenvalue weighted by atomic mass is 10.1. The Balaban J connectivity index is 2.43. The lowest BCUT2D eigenvalue weighted by Crippen LogP contribution is -2.09. The van der Waals surface area contributed by atoms with Gasteiger partial charge < -0.3 is 9.84 Å². The van der Waals surface area contributed by atoms with E-state index in [0.717, 1.165) is 17.4 Å². The van der Waals surface area contributed by atoms with Gasteiger partial charge in [-0.05, 0) is 23.6 Å². The molecule has 0 radical (unpaired) electrons. The Hall–Kier alpha value is -2.62. The number of nitro benzene ring substituents is 1. The van der Waals surface area contributed by atoms with Gasteiger partial charge in [-0.15, -0.1) is 11.3 Å². The highest BCUT2D eigenvalue weighted by Crippen LogP contribution is 2.39. The molecule has 2 aromatic rings. The minimum absolute atomic E-state index is 0.139. The molecule has 0 aliphatic rings. The highest BCUT2D eigenvalue weighted by Gasteiger charge is 2.38. The van der Waals surface area contributed by atoms with Gasteiger partial charge in [0.15, 0.2) is 10.6 Å². The Labute approximate surface area is 124 Å². The zero-order chi connectivity index (χ0) is 16.5. The van der Waals surface area contributed by atoms with E-state index in [-0.39, 0.29) is 16.4 Å². The van der Waals surface area contributed by atoms with Crippen molar-refractivity contribution < 1.29 is 32.7 Å². The van der Waals surface area contributed by atoms with Gasteiger partial charge in [0.05, 0.1) is 4.92 Å². The van der Waals surface area contributed by atoms with Crippen LogP contribution in [0.2, 0.25) is 0 Å². The van der Waals surface area contributed by atoms with Crippen molar-refractivity contribution in [1.29, 1.82) is 0 Å². The number of nitrogens with zero attached hydrogens (tertiary/aromatic N) is 1. The van der Waals surface area contributed by atoms with Crippen molar-refractivity contribution in [1.82, 2.24) is 0 Å². The SMILES string of the molecule is O=C(O)c1sccc1Oc1ccc([N+](=O)[O-])c(C(F)(F)F)c1. The first-order chi connectivity index (χ1) is 10.2. The lowest BCUT2D eigenvalue weighted by molar-refractivity contribution is -0.388. The second kappa shape index (κ2) is 5.64. The van der Waals surface area contributed by atoms with Crippen LogP contribution in [0.1, 0.15) is 15.2 Å². The average molecular weight is 333 g/mol. The molecule has 116 valence electrons. The molecule has 0 spiro atoms. The minimum atomic E-state index is -4.94. The summed E-state index contributed by atoms with van der Waals surface area (Å²) in [4.78, 5) is 20.2. The van der Waals surface area contributed by atoms with Gasteiger partial charge in [-0.1, -0.05) is 0 Å². The van der Waals surface area contributed by atoms with E-state index in [2.05, 4.69) is 0 Å². The molecule has 0 unspecified atom stereocenters. The van der Waals surface area contributed by atoms with Crippen LogP contribution in [0, 0.1) is 10.1 Å². The third kappa shape index (κ3) is 3.17. The molecule has 1 heterocycles. The topological polar surface area (TPSA) is 89.7 Å². The van der Waals surface area contributed by atoms with Gasteiger partial charge in [0.25, 0.3) is 5.69 Å². The van der Waals surface area contributed by atoms with Crippen LogP contribution >= 0.6 is 11.3 Å². The van der Waals surface area contributed by atoms with E-state index < -0.39 is 28.3 Å². The van der Waals surface area contributed by atoms with Crippen LogP contribution in [0.3, 0.4) is 0 Å². The molecule has 0 aliphatic heterocycles. The van der Waals surface area contributed by atoms with Gasteiger partial charge in [0, 0.05) is 6.07 Å². The summed E-state index contributed by atoms with van der Waals surface area (Å²) in [5.74, 6) is -1.78. The van der Waals surface area contributed by atoms with Crippen molar-refractivity contribution in [3.8, 4) is 11.5 Å². The number of alkyl halides is 3. The molecule has 0 saturated carbocycles. The van der Waals surface area contributed by atoms with Crippen LogP contribution in [0.25, 0.3) is 0 Å². The molecular weight excluding hydrogens is 327 g/mol. The van der Waals surface area contributed by atoms with Crippen LogP contribution < -0.4 is 4.74 Å². The molecule has 0 atom stereocenters. The monoisotopic (exact) mass is 333 g/mol. The molecule has 0 saturated heterocycles. The molecule has 1 aromatic heterocycles. The van der Waals surface area contributed by atoms with Gasteiger partial charge in [-0.2, -0.15) is 13.2 Å². The number of halogens is 3. The summed E-state index contributed by atoms with van der Waals surface area (Å²) in [6, 6.07) is 3.37. The predicted octanol–water partition coefficient (Wildman–Crippen LogP) is 4.17. The van der Waals surface area contributed by atoms with Gasteiger partial charge in [0.1, 0.15) is 11.3 Å². The van der Waals surface area contributed by atoms with Crippen molar-refractivity contribution in [3.05, 3.63) is 50.2 Å². The number of thiophene rings is 1. The van der Waals surface area contributed by atoms with Gasteiger partial charge >= 0.3 is 12.1 Å². The smallest absolute Gasteiger partial charge is 0.423 e. The maximum absolute atomic E-state index is 12.8. The van der Waals surface area contributed by atoms with Crippen molar-refractivity contribution in [2.45, 2.75) is 6.18 Å². The van der Waals surface area contributed by atoms with Crippen LogP contribution in [0.5, 0.6) is 11.5 Å². The van der Waals surface area contributed by atoms with E-state index in [1.54, 1.807) is 0 Å². The van der Waals surface area contributed by atoms with Crippen molar-refractivity contribution >= 4 is 23.0 Å². The first-order valence-corrected chi connectivity index (χ1v) is 6.42. The molecule has 10 heteroatoms. The Morgan fingerprint density at radius 3 is 2.55 bits per heavy atom. The first-order valence-electron chi connectivity index (χ1n) is 5.54. The fourth-order valence-corrected chi connectivity index (χ4v) is 2.28. The number of nitro groups is 1. The molecular formula is C12H6F3NO5S. The van der Waals surface area contributed by atoms with E-state index in [4.69, 9.17) is 9.84 Å². The summed E-state index contributed by atoms with van der Waals surface area (Å²) in [5.41, 5.74) is -2.58. The standard InChI is InChI=1S/C12H6F3NO5S/c13-12(14,15)7-5-6(1-2-8(7)16(19)20)21-9-3-4-22-10(9)11(17)18/h1-5H,(H,17,18). The zero-order valence-corrected chi connectivity index (χ0v) is 11.3. The van der Waals surface area contributed by atoms with Crippen molar-refractivity contribution in [3.63, 3.8) is 0 Å². The molecule has 0 aliphatic carbocycles. The van der Waals surface area contributed by atoms with Gasteiger partial charge in [-0.3, -0.25) is 10.1 Å². The molecule has 22 heavy (non-hydrogen) atoms. The van der Waals surface area contributed by atoms with Crippen molar-refractivity contribution in [2.75, 3.05) is 0 Å². The predicted molar refractivity (Wildman–Crippen MR) is 69.5 cm³/mol. The second-order valence-corrected chi connectivity index (χ2v) is 4.87. The molecule has 1 N–H and O–H groups in total. The summed E-state index contributed by atoms with van der Waals surface area (Å²) in [6.45, 7) is 0. The first kappa shape index (κ1) is 15.8. The largest absolute Gasteiger partial charge is 0.477 e. The van der Waals surface area contributed by atoms with E-state index in [1.165, 1.54) is 11.4 Å². The molecule has 0 bridgehead atoms. The number of rotatable bonds is 4. The summed E-state index contributed by atoms with van der Waals surface area (Å²) in [5, 5.41) is 20.9. The maximum atomic E-state index is 12.8. The van der Waals surface area contributed by atoms with E-state index >= 15 is 0 Å². The highest BCUT2D eigenvalue weighted by atomic mass is 32.1. The fraction of sp³-hybridized carbons (Fsp3) is 0.0833. The number of carbonyl (C=O) groups is 1. The van der Waals surface area contributed by atoms with Crippen LogP contribution in [0.4, 0.5) is 18.9 Å². The Morgan fingerprint density at radius 1 is 1.32 bits per heavy atom. The molecule has 0 amide bonds. The number of carboxylic acid groups (broad SMARTS) is 1. The third-order valence-electron chi connectivity index (χ3n) is 2.52. The molecule has 6 nitrogen and oxygen atoms in total. The highest BCUT2D eigenvalue weighted by molar-refractivity contribution is 7.12. The Bertz CT molecular complexity index is 741. The second-order valence-electron chi connectivity index (χ2n) is 3.96. The quantitative estimate of drug-likeness (QED) is 0.670. The summed E-state index contributed by atoms with van der Waals surface area (Å²) in [6.07, 6.45) is -4.94. The molecule has 0 fully saturated rings. The summed E-state index contributed by atoms with van der Waals surface area (Å²) < 4.78 is 43.6. The Kier molecular flexibility index (Phi) is 4.04. The van der Waals surface area contributed by atoms with Crippen LogP contribution in [-0.4, -0.2) is 16.0 Å². The van der Waals surface area contributed by atoms with E-state index in [0.29, 0.717) is 12.1 Å². The summed E-state index contributed by atoms with van der Waals surface area (Å²) >= 11 is 0.840. The van der Waals surface area contributed by atoms with E-state index in [9.17, 15) is 28.1 Å². The number of aromatic carboxylic acids is 1. The normalized spacial score (nSPS) is 11.2. The van der Waals surface area contributed by atoms with Crippen LogP contribution in [-0.2, 0) is 6.18 Å². The Morgan fingerprint density at radius 2 is 2.00 bits per heavy atom. The maximum Gasteiger partial charge on any atom is 0.423 e. The number of hydrogen-bond donors (Lipinski definition) is 1. The lowest BCUT2D eigenvalue weighted by Gasteiger charge is -2.10. The van der Waals surface area contributed by atoms with Gasteiger partial charge in [0.2, 0.25) is 0 Å². The number of carboxylic acids is 1. The number of ether oxygens (including phenoxy) is 1. The van der Waals surface area contributed by atoms with Gasteiger partial charge in [-0.25, -0.2) is 4.79 Å².